The van der Waals surface area contributed by atoms with Crippen molar-refractivity contribution in [3.63, 3.8) is 0 Å². The van der Waals surface area contributed by atoms with Gasteiger partial charge in [-0.15, -0.1) is 0 Å². The maximum absolute atomic E-state index is 12.1. The highest BCUT2D eigenvalue weighted by molar-refractivity contribution is 9.11. The minimum absolute atomic E-state index is 0.0617. The summed E-state index contributed by atoms with van der Waals surface area (Å²) in [5, 5.41) is 4.87. The number of hydrazine groups is 1. The number of carbonyl (C=O) groups excluding carboxylic acids is 2. The van der Waals surface area contributed by atoms with E-state index in [1.807, 2.05) is 24.3 Å². The molecular weight excluding hydrogens is 558 g/mol. The van der Waals surface area contributed by atoms with Crippen molar-refractivity contribution in [3.05, 3.63) is 74.1 Å². The molecule has 0 saturated carbocycles. The summed E-state index contributed by atoms with van der Waals surface area (Å²) >= 11 is 17.7. The highest BCUT2D eigenvalue weighted by atomic mass is 79.9. The van der Waals surface area contributed by atoms with Gasteiger partial charge in [-0.05, 0) is 81.4 Å². The molecule has 0 saturated heterocycles. The van der Waals surface area contributed by atoms with Gasteiger partial charge in [0.25, 0.3) is 11.8 Å². The van der Waals surface area contributed by atoms with Crippen molar-refractivity contribution in [2.24, 2.45) is 0 Å². The van der Waals surface area contributed by atoms with E-state index in [1.54, 1.807) is 30.3 Å². The lowest BCUT2D eigenvalue weighted by molar-refractivity contribution is -0.121. The first-order valence-corrected chi connectivity index (χ1v) is 10.9. The second-order valence-electron chi connectivity index (χ2n) is 6.00. The van der Waals surface area contributed by atoms with E-state index < -0.39 is 11.8 Å². The van der Waals surface area contributed by atoms with E-state index in [4.69, 9.17) is 28.6 Å². The van der Waals surface area contributed by atoms with E-state index in [9.17, 15) is 9.59 Å². The van der Waals surface area contributed by atoms with Crippen LogP contribution in [0.2, 0.25) is 5.02 Å². The first-order valence-electron chi connectivity index (χ1n) is 8.50. The molecule has 0 heterocycles. The molecule has 3 aromatic rings. The Hall–Kier alpha value is -2.20. The van der Waals surface area contributed by atoms with Crippen LogP contribution in [0.1, 0.15) is 10.4 Å². The Kier molecular flexibility index (Phi) is 7.65. The van der Waals surface area contributed by atoms with Crippen molar-refractivity contribution >= 4 is 83.4 Å². The monoisotopic (exact) mass is 569 g/mol. The number of rotatable bonds is 4. The van der Waals surface area contributed by atoms with E-state index >= 15 is 0 Å². The SMILES string of the molecule is O=C(COc1ccc2cc(Br)ccc2c1Br)NC(=S)NNC(=O)c1ccc(Cl)cc1. The summed E-state index contributed by atoms with van der Waals surface area (Å²) in [5.74, 6) is -0.378. The Balaban J connectivity index is 1.49. The maximum atomic E-state index is 12.1. The standard InChI is InChI=1S/C20H14Br2ClN3O3S/c21-13-4-7-15-12(9-13)3-8-16(18(15)22)29-10-17(27)24-20(30)26-25-19(28)11-1-5-14(23)6-2-11/h1-9H,10H2,(H,25,28)(H2,24,26,27,30). The van der Waals surface area contributed by atoms with Crippen LogP contribution in [0.3, 0.4) is 0 Å². The van der Waals surface area contributed by atoms with Crippen molar-refractivity contribution < 1.29 is 14.3 Å². The zero-order valence-corrected chi connectivity index (χ0v) is 19.9. The summed E-state index contributed by atoms with van der Waals surface area (Å²) in [7, 11) is 0. The highest BCUT2D eigenvalue weighted by Gasteiger charge is 2.11. The normalized spacial score (nSPS) is 10.4. The molecule has 3 aromatic carbocycles. The predicted octanol–water partition coefficient (Wildman–Crippen LogP) is 4.73. The van der Waals surface area contributed by atoms with Gasteiger partial charge in [-0.25, -0.2) is 0 Å². The van der Waals surface area contributed by atoms with Crippen molar-refractivity contribution in [2.45, 2.75) is 0 Å². The van der Waals surface area contributed by atoms with Crippen molar-refractivity contribution in [1.29, 1.82) is 0 Å². The molecule has 0 atom stereocenters. The first kappa shape index (κ1) is 22.5. The molecule has 0 radical (unpaired) electrons. The lowest BCUT2D eigenvalue weighted by Crippen LogP contribution is -2.49. The second-order valence-corrected chi connectivity index (χ2v) is 8.55. The molecule has 154 valence electrons. The van der Waals surface area contributed by atoms with Gasteiger partial charge in [-0.1, -0.05) is 39.7 Å². The zero-order valence-electron chi connectivity index (χ0n) is 15.2. The molecule has 6 nitrogen and oxygen atoms in total. The van der Waals surface area contributed by atoms with E-state index in [-0.39, 0.29) is 11.7 Å². The van der Waals surface area contributed by atoms with Gasteiger partial charge < -0.3 is 4.74 Å². The van der Waals surface area contributed by atoms with Gasteiger partial charge >= 0.3 is 0 Å². The topological polar surface area (TPSA) is 79.5 Å². The van der Waals surface area contributed by atoms with Crippen LogP contribution in [0.15, 0.2) is 63.5 Å². The molecule has 3 N–H and O–H groups in total. The van der Waals surface area contributed by atoms with Gasteiger partial charge in [0.15, 0.2) is 11.7 Å². The number of amides is 2. The van der Waals surface area contributed by atoms with Gasteiger partial charge in [-0.3, -0.25) is 25.8 Å². The third kappa shape index (κ3) is 5.91. The number of halogens is 3. The molecule has 0 aliphatic rings. The zero-order chi connectivity index (χ0) is 21.7. The average Bonchev–Trinajstić information content (AvgIpc) is 2.72. The van der Waals surface area contributed by atoms with E-state index in [2.05, 4.69) is 48.0 Å². The fraction of sp³-hybridized carbons (Fsp3) is 0.0500. The second kappa shape index (κ2) is 10.2. The van der Waals surface area contributed by atoms with Gasteiger partial charge in [0.1, 0.15) is 5.75 Å². The summed E-state index contributed by atoms with van der Waals surface area (Å²) in [5.41, 5.74) is 5.24. The molecule has 0 aliphatic heterocycles. The van der Waals surface area contributed by atoms with Crippen molar-refractivity contribution in [3.8, 4) is 5.75 Å². The highest BCUT2D eigenvalue weighted by Crippen LogP contribution is 2.34. The van der Waals surface area contributed by atoms with Crippen LogP contribution >= 0.6 is 55.7 Å². The quantitative estimate of drug-likeness (QED) is 0.312. The van der Waals surface area contributed by atoms with Crippen LogP contribution in [0.5, 0.6) is 5.75 Å². The minimum Gasteiger partial charge on any atom is -0.483 e. The number of hydrogen-bond donors (Lipinski definition) is 3. The van der Waals surface area contributed by atoms with Crippen molar-refractivity contribution in [1.82, 2.24) is 16.2 Å². The van der Waals surface area contributed by atoms with Gasteiger partial charge in [-0.2, -0.15) is 0 Å². The van der Waals surface area contributed by atoms with Crippen LogP contribution in [-0.4, -0.2) is 23.5 Å². The Morgan fingerprint density at radius 2 is 1.73 bits per heavy atom. The summed E-state index contributed by atoms with van der Waals surface area (Å²) < 4.78 is 7.30. The number of fused-ring (bicyclic) bond motifs is 1. The summed E-state index contributed by atoms with van der Waals surface area (Å²) in [4.78, 5) is 24.1. The number of benzene rings is 3. The molecule has 3 rings (SSSR count). The molecular formula is C20H14Br2ClN3O3S. The Morgan fingerprint density at radius 1 is 1.00 bits per heavy atom. The van der Waals surface area contributed by atoms with Crippen LogP contribution in [0.25, 0.3) is 10.8 Å². The van der Waals surface area contributed by atoms with Crippen LogP contribution < -0.4 is 20.9 Å². The average molecular weight is 572 g/mol. The molecule has 0 aliphatic carbocycles. The van der Waals surface area contributed by atoms with Crippen LogP contribution in [0, 0.1) is 0 Å². The lowest BCUT2D eigenvalue weighted by atomic mass is 10.1. The molecule has 0 spiro atoms. The predicted molar refractivity (Wildman–Crippen MR) is 128 cm³/mol. The molecule has 0 unspecified atom stereocenters. The number of ether oxygens (including phenoxy) is 1. The van der Waals surface area contributed by atoms with E-state index in [0.717, 1.165) is 19.7 Å². The first-order chi connectivity index (χ1) is 14.3. The van der Waals surface area contributed by atoms with Crippen LogP contribution in [-0.2, 0) is 4.79 Å². The molecule has 30 heavy (non-hydrogen) atoms. The molecule has 0 bridgehead atoms. The van der Waals surface area contributed by atoms with Gasteiger partial charge in [0.05, 0.1) is 4.47 Å². The minimum atomic E-state index is -0.476. The summed E-state index contributed by atoms with van der Waals surface area (Å²) in [6.07, 6.45) is 0. The maximum Gasteiger partial charge on any atom is 0.269 e. The summed E-state index contributed by atoms with van der Waals surface area (Å²) in [6.45, 7) is -0.256. The molecule has 10 heteroatoms. The third-order valence-corrected chi connectivity index (χ3v) is 5.66. The van der Waals surface area contributed by atoms with E-state index in [0.29, 0.717) is 16.3 Å². The van der Waals surface area contributed by atoms with Crippen molar-refractivity contribution in [2.75, 3.05) is 6.61 Å². The Morgan fingerprint density at radius 3 is 2.47 bits per heavy atom. The number of hydrogen-bond acceptors (Lipinski definition) is 4. The fourth-order valence-electron chi connectivity index (χ4n) is 2.48. The summed E-state index contributed by atoms with van der Waals surface area (Å²) in [6, 6.07) is 15.8. The Bertz CT molecular complexity index is 1130. The third-order valence-electron chi connectivity index (χ3n) is 3.89. The van der Waals surface area contributed by atoms with Gasteiger partial charge in [0.2, 0.25) is 0 Å². The molecule has 2 amide bonds. The molecule has 0 fully saturated rings. The number of thiocarbonyl (C=S) groups is 1. The largest absolute Gasteiger partial charge is 0.483 e. The Labute approximate surface area is 199 Å². The lowest BCUT2D eigenvalue weighted by Gasteiger charge is -2.13. The number of nitrogens with one attached hydrogen (secondary N) is 3. The molecule has 0 aromatic heterocycles. The fourth-order valence-corrected chi connectivity index (χ4v) is 3.76. The number of carbonyl (C=O) groups is 2. The van der Waals surface area contributed by atoms with Gasteiger partial charge in [0, 0.05) is 15.1 Å². The smallest absolute Gasteiger partial charge is 0.269 e. The van der Waals surface area contributed by atoms with Crippen LogP contribution in [0.4, 0.5) is 0 Å². The van der Waals surface area contributed by atoms with E-state index in [1.165, 1.54) is 0 Å².